The number of sulfonamides is 1. The summed E-state index contributed by atoms with van der Waals surface area (Å²) in [5.74, 6) is 2.59. The lowest BCUT2D eigenvalue weighted by Crippen LogP contribution is -2.30. The van der Waals surface area contributed by atoms with E-state index in [0.717, 1.165) is 11.3 Å². The summed E-state index contributed by atoms with van der Waals surface area (Å²) in [6, 6.07) is 12.1. The predicted molar refractivity (Wildman–Crippen MR) is 106 cm³/mol. The van der Waals surface area contributed by atoms with Crippen LogP contribution in [0.5, 0.6) is 17.2 Å². The van der Waals surface area contributed by atoms with E-state index >= 15 is 0 Å². The van der Waals surface area contributed by atoms with Crippen LogP contribution in [0.25, 0.3) is 0 Å². The van der Waals surface area contributed by atoms with E-state index in [-0.39, 0.29) is 10.3 Å². The van der Waals surface area contributed by atoms with Gasteiger partial charge in [-0.25, -0.2) is 8.42 Å². The first kappa shape index (κ1) is 19.9. The SMILES string of the molecule is CCOc1ccc(S(=O)(=O)N2CCS[C@H]2c2ccc(OC)c(OC)c2)cc1. The van der Waals surface area contributed by atoms with Crippen molar-refractivity contribution in [3.63, 3.8) is 0 Å². The van der Waals surface area contributed by atoms with Gasteiger partial charge >= 0.3 is 0 Å². The monoisotopic (exact) mass is 409 g/mol. The number of benzene rings is 2. The van der Waals surface area contributed by atoms with E-state index in [4.69, 9.17) is 14.2 Å². The van der Waals surface area contributed by atoms with Crippen LogP contribution in [0.2, 0.25) is 0 Å². The lowest BCUT2D eigenvalue weighted by Gasteiger charge is -2.24. The molecule has 1 fully saturated rings. The van der Waals surface area contributed by atoms with E-state index in [1.807, 2.05) is 19.1 Å². The standard InChI is InChI=1S/C19H23NO5S2/c1-4-25-15-6-8-16(9-7-15)27(21,22)20-11-12-26-19(20)14-5-10-17(23-2)18(13-14)24-3/h5-10,13,19H,4,11-12H2,1-3H3/t19-/m0/s1. The van der Waals surface area contributed by atoms with Crippen molar-refractivity contribution in [1.29, 1.82) is 0 Å². The Morgan fingerprint density at radius 1 is 1.07 bits per heavy atom. The Hall–Kier alpha value is -1.90. The molecule has 6 nitrogen and oxygen atoms in total. The van der Waals surface area contributed by atoms with Gasteiger partial charge in [-0.05, 0) is 48.9 Å². The van der Waals surface area contributed by atoms with Crippen molar-refractivity contribution in [3.05, 3.63) is 48.0 Å². The second-order valence-electron chi connectivity index (χ2n) is 5.86. The van der Waals surface area contributed by atoms with Gasteiger partial charge in [-0.1, -0.05) is 6.07 Å². The maximum Gasteiger partial charge on any atom is 0.244 e. The van der Waals surface area contributed by atoms with Crippen molar-refractivity contribution < 1.29 is 22.6 Å². The van der Waals surface area contributed by atoms with E-state index < -0.39 is 10.0 Å². The maximum absolute atomic E-state index is 13.2. The first-order valence-corrected chi connectivity index (χ1v) is 11.1. The largest absolute Gasteiger partial charge is 0.494 e. The Bertz CT molecular complexity index is 883. The molecule has 1 heterocycles. The van der Waals surface area contributed by atoms with Crippen LogP contribution in [0.15, 0.2) is 47.4 Å². The zero-order valence-electron chi connectivity index (χ0n) is 15.5. The Balaban J connectivity index is 1.91. The molecule has 0 aliphatic carbocycles. The van der Waals surface area contributed by atoms with Crippen LogP contribution in [-0.4, -0.2) is 45.8 Å². The molecule has 0 spiro atoms. The summed E-state index contributed by atoms with van der Waals surface area (Å²) < 4.78 is 43.9. The summed E-state index contributed by atoms with van der Waals surface area (Å²) >= 11 is 1.59. The zero-order valence-corrected chi connectivity index (χ0v) is 17.2. The predicted octanol–water partition coefficient (Wildman–Crippen LogP) is 3.54. The normalized spacial score (nSPS) is 17.7. The van der Waals surface area contributed by atoms with Gasteiger partial charge in [0.2, 0.25) is 10.0 Å². The third-order valence-corrected chi connectivity index (χ3v) is 7.56. The molecular weight excluding hydrogens is 386 g/mol. The van der Waals surface area contributed by atoms with E-state index in [1.165, 1.54) is 4.31 Å². The van der Waals surface area contributed by atoms with Crippen LogP contribution in [0.4, 0.5) is 0 Å². The molecule has 146 valence electrons. The molecule has 0 unspecified atom stereocenters. The molecule has 2 aromatic carbocycles. The molecule has 0 aromatic heterocycles. The van der Waals surface area contributed by atoms with Gasteiger partial charge in [0.15, 0.2) is 11.5 Å². The molecule has 1 aliphatic heterocycles. The molecule has 8 heteroatoms. The van der Waals surface area contributed by atoms with Crippen molar-refractivity contribution >= 4 is 21.8 Å². The fraction of sp³-hybridized carbons (Fsp3) is 0.368. The highest BCUT2D eigenvalue weighted by atomic mass is 32.2. The Labute approximate surface area is 164 Å². The van der Waals surface area contributed by atoms with Gasteiger partial charge in [-0.15, -0.1) is 11.8 Å². The van der Waals surface area contributed by atoms with Crippen LogP contribution in [-0.2, 0) is 10.0 Å². The van der Waals surface area contributed by atoms with Crippen molar-refractivity contribution in [3.8, 4) is 17.2 Å². The molecular formula is C19H23NO5S2. The minimum atomic E-state index is -3.62. The molecule has 27 heavy (non-hydrogen) atoms. The van der Waals surface area contributed by atoms with E-state index in [9.17, 15) is 8.42 Å². The highest BCUT2D eigenvalue weighted by Crippen LogP contribution is 2.43. The molecule has 0 saturated carbocycles. The van der Waals surface area contributed by atoms with Crippen LogP contribution in [0.3, 0.4) is 0 Å². The fourth-order valence-corrected chi connectivity index (χ4v) is 6.21. The Morgan fingerprint density at radius 2 is 1.78 bits per heavy atom. The number of ether oxygens (including phenoxy) is 3. The van der Waals surface area contributed by atoms with Crippen LogP contribution >= 0.6 is 11.8 Å². The van der Waals surface area contributed by atoms with Crippen LogP contribution < -0.4 is 14.2 Å². The molecule has 0 amide bonds. The smallest absolute Gasteiger partial charge is 0.244 e. The first-order valence-electron chi connectivity index (χ1n) is 8.59. The summed E-state index contributed by atoms with van der Waals surface area (Å²) in [6.45, 7) is 2.88. The lowest BCUT2D eigenvalue weighted by molar-refractivity contribution is 0.340. The summed E-state index contributed by atoms with van der Waals surface area (Å²) in [5, 5.41) is -0.304. The lowest BCUT2D eigenvalue weighted by atomic mass is 10.2. The van der Waals surface area contributed by atoms with Crippen LogP contribution in [0, 0.1) is 0 Å². The number of hydrogen-bond donors (Lipinski definition) is 0. The molecule has 0 N–H and O–H groups in total. The van der Waals surface area contributed by atoms with Crippen LogP contribution in [0.1, 0.15) is 17.9 Å². The van der Waals surface area contributed by atoms with Crippen molar-refractivity contribution in [1.82, 2.24) is 4.31 Å². The summed E-state index contributed by atoms with van der Waals surface area (Å²) in [4.78, 5) is 0.263. The average Bonchev–Trinajstić information content (AvgIpc) is 3.19. The molecule has 1 saturated heterocycles. The second-order valence-corrected chi connectivity index (χ2v) is 8.94. The number of thioether (sulfide) groups is 1. The van der Waals surface area contributed by atoms with Gasteiger partial charge in [0, 0.05) is 12.3 Å². The van der Waals surface area contributed by atoms with Gasteiger partial charge in [0.1, 0.15) is 5.75 Å². The van der Waals surface area contributed by atoms with E-state index in [1.54, 1.807) is 56.3 Å². The van der Waals surface area contributed by atoms with Crippen molar-refractivity contribution in [2.75, 3.05) is 33.1 Å². The maximum atomic E-state index is 13.2. The molecule has 3 rings (SSSR count). The third kappa shape index (κ3) is 4.02. The molecule has 0 bridgehead atoms. The molecule has 2 aromatic rings. The quantitative estimate of drug-likeness (QED) is 0.697. The van der Waals surface area contributed by atoms with Gasteiger partial charge in [-0.3, -0.25) is 0 Å². The average molecular weight is 410 g/mol. The topological polar surface area (TPSA) is 65.1 Å². The number of nitrogens with zero attached hydrogens (tertiary/aromatic N) is 1. The molecule has 1 aliphatic rings. The van der Waals surface area contributed by atoms with Gasteiger partial charge < -0.3 is 14.2 Å². The number of methoxy groups -OCH3 is 2. The Morgan fingerprint density at radius 3 is 2.41 bits per heavy atom. The number of hydrogen-bond acceptors (Lipinski definition) is 6. The Kier molecular flexibility index (Phi) is 6.18. The van der Waals surface area contributed by atoms with Crippen molar-refractivity contribution in [2.24, 2.45) is 0 Å². The summed E-state index contributed by atoms with van der Waals surface area (Å²) in [5.41, 5.74) is 0.865. The van der Waals surface area contributed by atoms with Gasteiger partial charge in [-0.2, -0.15) is 4.31 Å². The van der Waals surface area contributed by atoms with Gasteiger partial charge in [0.25, 0.3) is 0 Å². The minimum absolute atomic E-state index is 0.263. The fourth-order valence-electron chi connectivity index (χ4n) is 2.98. The second kappa shape index (κ2) is 8.41. The molecule has 1 atom stereocenters. The van der Waals surface area contributed by atoms with E-state index in [0.29, 0.717) is 30.4 Å². The zero-order chi connectivity index (χ0) is 19.4. The highest BCUT2D eigenvalue weighted by molar-refractivity contribution is 8.01. The minimum Gasteiger partial charge on any atom is -0.494 e. The highest BCUT2D eigenvalue weighted by Gasteiger charge is 2.37. The number of rotatable bonds is 7. The molecule has 0 radical (unpaired) electrons. The van der Waals surface area contributed by atoms with Crippen molar-refractivity contribution in [2.45, 2.75) is 17.2 Å². The third-order valence-electron chi connectivity index (χ3n) is 4.28. The summed E-state index contributed by atoms with van der Waals surface area (Å²) in [6.07, 6.45) is 0. The van der Waals surface area contributed by atoms with E-state index in [2.05, 4.69) is 0 Å². The summed E-state index contributed by atoms with van der Waals surface area (Å²) in [7, 11) is -0.477. The first-order chi connectivity index (χ1) is 13.0. The van der Waals surface area contributed by atoms with Gasteiger partial charge in [0.05, 0.1) is 31.1 Å².